The van der Waals surface area contributed by atoms with Gasteiger partial charge in [-0.05, 0) is 37.5 Å². The third-order valence-electron chi connectivity index (χ3n) is 5.15. The summed E-state index contributed by atoms with van der Waals surface area (Å²) in [7, 11) is 1.63. The summed E-state index contributed by atoms with van der Waals surface area (Å²) in [6, 6.07) is 7.61. The number of benzene rings is 1. The van der Waals surface area contributed by atoms with E-state index >= 15 is 0 Å². The van der Waals surface area contributed by atoms with Crippen molar-refractivity contribution in [1.82, 2.24) is 25.1 Å². The molecule has 2 aromatic heterocycles. The molecule has 0 bridgehead atoms. The van der Waals surface area contributed by atoms with Gasteiger partial charge in [0.25, 0.3) is 5.89 Å². The molecule has 0 aliphatic carbocycles. The lowest BCUT2D eigenvalue weighted by molar-refractivity contribution is -0.131. The Kier molecular flexibility index (Phi) is 5.50. The smallest absolute Gasteiger partial charge is 0.267 e. The largest absolute Gasteiger partial charge is 0.497 e. The van der Waals surface area contributed by atoms with Crippen LogP contribution in [0, 0.1) is 6.92 Å². The summed E-state index contributed by atoms with van der Waals surface area (Å²) >= 11 is 0. The Morgan fingerprint density at radius 3 is 2.55 bits per heavy atom. The van der Waals surface area contributed by atoms with Crippen LogP contribution in [0.15, 0.2) is 41.1 Å². The van der Waals surface area contributed by atoms with Crippen molar-refractivity contribution in [3.8, 4) is 17.3 Å². The summed E-state index contributed by atoms with van der Waals surface area (Å²) in [6.07, 6.45) is 5.30. The zero-order chi connectivity index (χ0) is 20.2. The molecule has 0 saturated carbocycles. The molecule has 1 fully saturated rings. The Hall–Kier alpha value is -3.29. The Labute approximate surface area is 169 Å². The highest BCUT2D eigenvalue weighted by atomic mass is 16.5. The van der Waals surface area contributed by atoms with Gasteiger partial charge in [-0.25, -0.2) is 4.98 Å². The van der Waals surface area contributed by atoms with Gasteiger partial charge in [-0.3, -0.25) is 9.78 Å². The first-order chi connectivity index (χ1) is 14.1. The number of aromatic nitrogens is 4. The van der Waals surface area contributed by atoms with E-state index in [-0.39, 0.29) is 11.8 Å². The molecule has 1 aromatic carbocycles. The Morgan fingerprint density at radius 1 is 1.14 bits per heavy atom. The van der Waals surface area contributed by atoms with Crippen molar-refractivity contribution in [2.45, 2.75) is 32.1 Å². The number of likely N-dealkylation sites (tertiary alicyclic amines) is 1. The summed E-state index contributed by atoms with van der Waals surface area (Å²) in [5.74, 6) is 2.06. The number of ether oxygens (including phenoxy) is 1. The van der Waals surface area contributed by atoms with E-state index in [4.69, 9.17) is 9.15 Å². The number of rotatable bonds is 5. The van der Waals surface area contributed by atoms with Gasteiger partial charge in [0.05, 0.1) is 25.4 Å². The lowest BCUT2D eigenvalue weighted by Gasteiger charge is -2.30. The lowest BCUT2D eigenvalue weighted by Crippen LogP contribution is -2.38. The number of hydrogen-bond acceptors (Lipinski definition) is 7. The predicted octanol–water partition coefficient (Wildman–Crippen LogP) is 2.79. The molecule has 4 rings (SSSR count). The van der Waals surface area contributed by atoms with Crippen molar-refractivity contribution in [2.24, 2.45) is 0 Å². The highest BCUT2D eigenvalue weighted by Gasteiger charge is 2.27. The van der Waals surface area contributed by atoms with E-state index in [1.807, 2.05) is 36.1 Å². The lowest BCUT2D eigenvalue weighted by atomic mass is 9.96. The monoisotopic (exact) mass is 393 g/mol. The number of methoxy groups -OCH3 is 1. The molecular weight excluding hydrogens is 370 g/mol. The molecule has 1 amide bonds. The maximum atomic E-state index is 12.6. The van der Waals surface area contributed by atoms with E-state index in [2.05, 4.69) is 20.2 Å². The molecule has 0 spiro atoms. The molecule has 8 nitrogen and oxygen atoms in total. The quantitative estimate of drug-likeness (QED) is 0.658. The van der Waals surface area contributed by atoms with Crippen LogP contribution in [-0.4, -0.2) is 51.2 Å². The molecule has 150 valence electrons. The SMILES string of the molecule is COc1ccc(CC(=O)N2CCC(c3nnc(-c4cnc(C)cn4)o3)CC2)cc1. The molecule has 1 aliphatic rings. The second-order valence-electron chi connectivity index (χ2n) is 7.17. The van der Waals surface area contributed by atoms with Gasteiger partial charge < -0.3 is 14.1 Å². The average molecular weight is 393 g/mol. The van der Waals surface area contributed by atoms with Crippen LogP contribution >= 0.6 is 0 Å². The zero-order valence-electron chi connectivity index (χ0n) is 16.5. The van der Waals surface area contributed by atoms with Gasteiger partial charge in [0.1, 0.15) is 11.4 Å². The second kappa shape index (κ2) is 8.38. The fourth-order valence-electron chi connectivity index (χ4n) is 3.41. The number of piperidine rings is 1. The van der Waals surface area contributed by atoms with Crippen LogP contribution in [0.25, 0.3) is 11.6 Å². The molecule has 0 radical (unpaired) electrons. The predicted molar refractivity (Wildman–Crippen MR) is 105 cm³/mol. The number of hydrogen-bond donors (Lipinski definition) is 0. The van der Waals surface area contributed by atoms with Crippen molar-refractivity contribution in [1.29, 1.82) is 0 Å². The summed E-state index contributed by atoms with van der Waals surface area (Å²) in [4.78, 5) is 23.0. The van der Waals surface area contributed by atoms with Gasteiger partial charge in [0.15, 0.2) is 0 Å². The van der Waals surface area contributed by atoms with Crippen LogP contribution in [-0.2, 0) is 11.2 Å². The maximum absolute atomic E-state index is 12.6. The van der Waals surface area contributed by atoms with Crippen LogP contribution in [0.1, 0.15) is 35.9 Å². The van der Waals surface area contributed by atoms with E-state index in [1.165, 1.54) is 0 Å². The normalized spacial score (nSPS) is 14.8. The number of carbonyl (C=O) groups is 1. The minimum atomic E-state index is 0.134. The molecule has 3 heterocycles. The minimum Gasteiger partial charge on any atom is -0.497 e. The van der Waals surface area contributed by atoms with Crippen molar-refractivity contribution < 1.29 is 13.9 Å². The molecule has 1 saturated heterocycles. The van der Waals surface area contributed by atoms with E-state index in [0.29, 0.717) is 37.0 Å². The maximum Gasteiger partial charge on any atom is 0.267 e. The van der Waals surface area contributed by atoms with Gasteiger partial charge in [0, 0.05) is 25.2 Å². The van der Waals surface area contributed by atoms with Crippen molar-refractivity contribution in [3.63, 3.8) is 0 Å². The van der Waals surface area contributed by atoms with E-state index in [9.17, 15) is 4.79 Å². The highest BCUT2D eigenvalue weighted by Crippen LogP contribution is 2.29. The van der Waals surface area contributed by atoms with Crippen LogP contribution < -0.4 is 4.74 Å². The summed E-state index contributed by atoms with van der Waals surface area (Å²) in [5, 5.41) is 8.30. The van der Waals surface area contributed by atoms with Crippen LogP contribution in [0.4, 0.5) is 0 Å². The van der Waals surface area contributed by atoms with E-state index in [1.54, 1.807) is 19.5 Å². The first kappa shape index (κ1) is 19.0. The van der Waals surface area contributed by atoms with Crippen LogP contribution in [0.2, 0.25) is 0 Å². The van der Waals surface area contributed by atoms with Crippen molar-refractivity contribution in [2.75, 3.05) is 20.2 Å². The Morgan fingerprint density at radius 2 is 1.90 bits per heavy atom. The molecule has 29 heavy (non-hydrogen) atoms. The van der Waals surface area contributed by atoms with Gasteiger partial charge in [-0.2, -0.15) is 0 Å². The number of carbonyl (C=O) groups excluding carboxylic acids is 1. The number of nitrogens with zero attached hydrogens (tertiary/aromatic N) is 5. The Balaban J connectivity index is 1.33. The van der Waals surface area contributed by atoms with Gasteiger partial charge in [-0.1, -0.05) is 12.1 Å². The Bertz CT molecular complexity index is 961. The fourth-order valence-corrected chi connectivity index (χ4v) is 3.41. The zero-order valence-corrected chi connectivity index (χ0v) is 16.5. The fraction of sp³-hybridized carbons (Fsp3) is 0.381. The summed E-state index contributed by atoms with van der Waals surface area (Å²) in [5.41, 5.74) is 2.39. The van der Waals surface area contributed by atoms with E-state index < -0.39 is 0 Å². The summed E-state index contributed by atoms with van der Waals surface area (Å²) < 4.78 is 11.0. The molecule has 0 unspecified atom stereocenters. The molecular formula is C21H23N5O3. The molecule has 8 heteroatoms. The first-order valence-electron chi connectivity index (χ1n) is 9.65. The van der Waals surface area contributed by atoms with Gasteiger partial charge in [0.2, 0.25) is 11.8 Å². The standard InChI is InChI=1S/C21H23N5O3/c1-14-12-23-18(13-22-14)21-25-24-20(29-21)16-7-9-26(10-8-16)19(27)11-15-3-5-17(28-2)6-4-15/h3-6,12-13,16H,7-11H2,1-2H3. The number of aryl methyl sites for hydroxylation is 1. The molecule has 0 N–H and O–H groups in total. The van der Waals surface area contributed by atoms with E-state index in [0.717, 1.165) is 29.8 Å². The first-order valence-corrected chi connectivity index (χ1v) is 9.65. The second-order valence-corrected chi connectivity index (χ2v) is 7.17. The molecule has 1 aliphatic heterocycles. The van der Waals surface area contributed by atoms with Crippen LogP contribution in [0.3, 0.4) is 0 Å². The average Bonchev–Trinajstić information content (AvgIpc) is 3.25. The summed E-state index contributed by atoms with van der Waals surface area (Å²) in [6.45, 7) is 3.24. The minimum absolute atomic E-state index is 0.134. The van der Waals surface area contributed by atoms with Gasteiger partial charge >= 0.3 is 0 Å². The van der Waals surface area contributed by atoms with Gasteiger partial charge in [-0.15, -0.1) is 10.2 Å². The van der Waals surface area contributed by atoms with Crippen molar-refractivity contribution in [3.05, 3.63) is 53.8 Å². The third kappa shape index (κ3) is 4.42. The topological polar surface area (TPSA) is 94.2 Å². The number of amides is 1. The molecule has 0 atom stereocenters. The highest BCUT2D eigenvalue weighted by molar-refractivity contribution is 5.78. The van der Waals surface area contributed by atoms with Crippen LogP contribution in [0.5, 0.6) is 5.75 Å². The molecule has 3 aromatic rings. The third-order valence-corrected chi connectivity index (χ3v) is 5.15. The van der Waals surface area contributed by atoms with Crippen molar-refractivity contribution >= 4 is 5.91 Å².